The van der Waals surface area contributed by atoms with Crippen LogP contribution in [0.5, 0.6) is 0 Å². The molecule has 1 fully saturated rings. The fourth-order valence-corrected chi connectivity index (χ4v) is 4.88. The summed E-state index contributed by atoms with van der Waals surface area (Å²) in [5.41, 5.74) is 11.4. The van der Waals surface area contributed by atoms with E-state index in [4.69, 9.17) is 11.5 Å². The number of nitrogen functional groups attached to an aromatic ring is 1. The number of nitrogens with two attached hydrogens (primary N) is 2. The minimum absolute atomic E-state index is 0.0643. The van der Waals surface area contributed by atoms with Gasteiger partial charge in [-0.1, -0.05) is 25.0 Å². The number of benzene rings is 2. The standard InChI is InChI=1S/C24H23F2N5O3S/c25-14-7-5-13(6-8-14)20(23(33)29-16-3-1-2-4-16)31(17-11-9-15(26)10-12-17)24(34)21-18(27)19(22(28)32)30-35-21/h5-12,16,20H,1-4,27H2,(H2,28,32)(H,29,33)/t20-/m1/s1. The highest BCUT2D eigenvalue weighted by atomic mass is 32.1. The maximum atomic E-state index is 13.8. The summed E-state index contributed by atoms with van der Waals surface area (Å²) < 4.78 is 31.3. The van der Waals surface area contributed by atoms with Crippen molar-refractivity contribution in [3.8, 4) is 0 Å². The SMILES string of the molecule is NC(=O)c1nsc(C(=O)N(c2ccc(F)cc2)[C@@H](C(=O)NC2CCCC2)c2ccc(F)cc2)c1N. The van der Waals surface area contributed by atoms with Crippen molar-refractivity contribution in [3.63, 3.8) is 0 Å². The molecule has 5 N–H and O–H groups in total. The molecule has 1 aromatic heterocycles. The van der Waals surface area contributed by atoms with Gasteiger partial charge in [0.15, 0.2) is 5.69 Å². The first-order valence-corrected chi connectivity index (χ1v) is 11.7. The number of amides is 3. The van der Waals surface area contributed by atoms with Crippen molar-refractivity contribution in [2.24, 2.45) is 5.73 Å². The van der Waals surface area contributed by atoms with E-state index in [1.165, 1.54) is 36.4 Å². The average Bonchev–Trinajstić information content (AvgIpc) is 3.48. The number of hydrogen-bond donors (Lipinski definition) is 3. The van der Waals surface area contributed by atoms with Gasteiger partial charge in [-0.05, 0) is 66.3 Å². The van der Waals surface area contributed by atoms with Gasteiger partial charge < -0.3 is 16.8 Å². The summed E-state index contributed by atoms with van der Waals surface area (Å²) in [6.07, 6.45) is 3.55. The van der Waals surface area contributed by atoms with Crippen molar-refractivity contribution in [1.29, 1.82) is 0 Å². The quantitative estimate of drug-likeness (QED) is 0.458. The van der Waals surface area contributed by atoms with Gasteiger partial charge >= 0.3 is 0 Å². The lowest BCUT2D eigenvalue weighted by atomic mass is 10.0. The van der Waals surface area contributed by atoms with E-state index >= 15 is 0 Å². The minimum atomic E-state index is -1.24. The molecular formula is C24H23F2N5O3S. The Balaban J connectivity index is 1.84. The van der Waals surface area contributed by atoms with Crippen LogP contribution in [0, 0.1) is 11.6 Å². The number of carbonyl (C=O) groups excluding carboxylic acids is 3. The Morgan fingerprint density at radius 1 is 1.00 bits per heavy atom. The zero-order valence-electron chi connectivity index (χ0n) is 18.5. The summed E-state index contributed by atoms with van der Waals surface area (Å²) in [6, 6.07) is 8.87. The number of hydrogen-bond acceptors (Lipinski definition) is 6. The van der Waals surface area contributed by atoms with Crippen LogP contribution >= 0.6 is 11.5 Å². The summed E-state index contributed by atoms with van der Waals surface area (Å²) in [7, 11) is 0. The van der Waals surface area contributed by atoms with Crippen molar-refractivity contribution in [3.05, 3.63) is 76.3 Å². The van der Waals surface area contributed by atoms with Gasteiger partial charge in [0.05, 0.1) is 5.69 Å². The molecule has 0 aliphatic heterocycles. The van der Waals surface area contributed by atoms with Gasteiger partial charge in [0.25, 0.3) is 11.8 Å². The van der Waals surface area contributed by atoms with Crippen LogP contribution in [-0.4, -0.2) is 28.1 Å². The molecule has 1 atom stereocenters. The third-order valence-corrected chi connectivity index (χ3v) is 6.72. The van der Waals surface area contributed by atoms with E-state index in [1.807, 2.05) is 0 Å². The van der Waals surface area contributed by atoms with E-state index in [-0.39, 0.29) is 28.0 Å². The van der Waals surface area contributed by atoms with Gasteiger partial charge in [-0.15, -0.1) is 0 Å². The molecule has 35 heavy (non-hydrogen) atoms. The Labute approximate surface area is 204 Å². The van der Waals surface area contributed by atoms with Crippen LogP contribution < -0.4 is 21.7 Å². The van der Waals surface area contributed by atoms with Crippen LogP contribution in [0.1, 0.15) is 57.4 Å². The number of aromatic nitrogens is 1. The molecule has 2 aromatic carbocycles. The first-order chi connectivity index (χ1) is 16.8. The van der Waals surface area contributed by atoms with Crippen molar-refractivity contribution < 1.29 is 23.2 Å². The molecule has 8 nitrogen and oxygen atoms in total. The molecule has 4 rings (SSSR count). The van der Waals surface area contributed by atoms with Crippen molar-refractivity contribution in [2.45, 2.75) is 37.8 Å². The number of carbonyl (C=O) groups is 3. The monoisotopic (exact) mass is 499 g/mol. The molecule has 0 unspecified atom stereocenters. The topological polar surface area (TPSA) is 131 Å². The first-order valence-electron chi connectivity index (χ1n) is 11.0. The molecule has 0 spiro atoms. The second-order valence-electron chi connectivity index (χ2n) is 8.23. The van der Waals surface area contributed by atoms with E-state index in [0.717, 1.165) is 42.7 Å². The number of anilines is 2. The minimum Gasteiger partial charge on any atom is -0.395 e. The number of nitrogens with one attached hydrogen (secondary N) is 1. The van der Waals surface area contributed by atoms with Crippen LogP contribution in [-0.2, 0) is 4.79 Å². The molecule has 11 heteroatoms. The van der Waals surface area contributed by atoms with Crippen molar-refractivity contribution in [1.82, 2.24) is 9.69 Å². The van der Waals surface area contributed by atoms with Crippen molar-refractivity contribution >= 4 is 40.6 Å². The zero-order valence-corrected chi connectivity index (χ0v) is 19.4. The Morgan fingerprint density at radius 2 is 1.57 bits per heavy atom. The molecule has 1 aliphatic carbocycles. The van der Waals surface area contributed by atoms with Gasteiger partial charge in [-0.2, -0.15) is 4.37 Å². The zero-order chi connectivity index (χ0) is 25.1. The van der Waals surface area contributed by atoms with Crippen LogP contribution in [0.3, 0.4) is 0 Å². The van der Waals surface area contributed by atoms with Crippen LogP contribution in [0.25, 0.3) is 0 Å². The fourth-order valence-electron chi connectivity index (χ4n) is 4.14. The molecule has 0 saturated heterocycles. The lowest BCUT2D eigenvalue weighted by Gasteiger charge is -2.32. The second kappa shape index (κ2) is 10.2. The predicted octanol–water partition coefficient (Wildman–Crippen LogP) is 3.55. The Bertz CT molecular complexity index is 1240. The first kappa shape index (κ1) is 24.3. The Morgan fingerprint density at radius 3 is 2.11 bits per heavy atom. The van der Waals surface area contributed by atoms with E-state index < -0.39 is 35.4 Å². The summed E-state index contributed by atoms with van der Waals surface area (Å²) in [4.78, 5) is 40.1. The molecule has 0 bridgehead atoms. The number of nitrogens with zero attached hydrogens (tertiary/aromatic N) is 2. The maximum Gasteiger partial charge on any atom is 0.273 e. The highest BCUT2D eigenvalue weighted by Gasteiger charge is 2.37. The Hall–Kier alpha value is -3.86. The lowest BCUT2D eigenvalue weighted by molar-refractivity contribution is -0.123. The largest absolute Gasteiger partial charge is 0.395 e. The summed E-state index contributed by atoms with van der Waals surface area (Å²) in [6.45, 7) is 0. The van der Waals surface area contributed by atoms with Gasteiger partial charge in [-0.25, -0.2) is 8.78 Å². The summed E-state index contributed by atoms with van der Waals surface area (Å²) in [5, 5.41) is 2.98. The molecule has 1 heterocycles. The van der Waals surface area contributed by atoms with Gasteiger partial charge in [0.1, 0.15) is 22.6 Å². The molecule has 3 aromatic rings. The fraction of sp³-hybridized carbons (Fsp3) is 0.250. The summed E-state index contributed by atoms with van der Waals surface area (Å²) in [5.74, 6) is -3.18. The Kier molecular flexibility index (Phi) is 7.06. The molecule has 1 aliphatic rings. The van der Waals surface area contributed by atoms with E-state index in [2.05, 4.69) is 9.69 Å². The predicted molar refractivity (Wildman–Crippen MR) is 128 cm³/mol. The molecule has 0 radical (unpaired) electrons. The third-order valence-electron chi connectivity index (χ3n) is 5.87. The van der Waals surface area contributed by atoms with Gasteiger partial charge in [0.2, 0.25) is 5.91 Å². The van der Waals surface area contributed by atoms with E-state index in [9.17, 15) is 23.2 Å². The normalized spacial score (nSPS) is 14.5. The third kappa shape index (κ3) is 5.14. The van der Waals surface area contributed by atoms with Crippen LogP contribution in [0.15, 0.2) is 48.5 Å². The average molecular weight is 500 g/mol. The van der Waals surface area contributed by atoms with Crippen LogP contribution in [0.4, 0.5) is 20.2 Å². The summed E-state index contributed by atoms with van der Waals surface area (Å²) >= 11 is 0.666. The van der Waals surface area contributed by atoms with Gasteiger partial charge in [-0.3, -0.25) is 19.3 Å². The number of rotatable bonds is 7. The van der Waals surface area contributed by atoms with Crippen molar-refractivity contribution in [2.75, 3.05) is 10.6 Å². The number of primary amides is 1. The maximum absolute atomic E-state index is 13.8. The number of halogens is 2. The highest BCUT2D eigenvalue weighted by molar-refractivity contribution is 7.09. The molecule has 1 saturated carbocycles. The molecular weight excluding hydrogens is 476 g/mol. The highest BCUT2D eigenvalue weighted by Crippen LogP contribution is 2.34. The molecule has 3 amide bonds. The van der Waals surface area contributed by atoms with E-state index in [1.54, 1.807) is 0 Å². The lowest BCUT2D eigenvalue weighted by Crippen LogP contribution is -2.46. The smallest absolute Gasteiger partial charge is 0.273 e. The van der Waals surface area contributed by atoms with Gasteiger partial charge in [0, 0.05) is 11.7 Å². The molecule has 182 valence electrons. The second-order valence-corrected chi connectivity index (χ2v) is 9.01. The van der Waals surface area contributed by atoms with Crippen LogP contribution in [0.2, 0.25) is 0 Å². The van der Waals surface area contributed by atoms with E-state index in [0.29, 0.717) is 17.1 Å².